The molecule has 0 aliphatic carbocycles. The van der Waals surface area contributed by atoms with Crippen molar-refractivity contribution >= 4 is 42.9 Å². The van der Waals surface area contributed by atoms with Gasteiger partial charge in [-0.15, -0.1) is 0 Å². The van der Waals surface area contributed by atoms with Gasteiger partial charge in [-0.25, -0.2) is 8.78 Å². The number of benzene rings is 2. The Balaban J connectivity index is 2.07. The Hall–Kier alpha value is -3.32. The summed E-state index contributed by atoms with van der Waals surface area (Å²) >= 11 is 0. The summed E-state index contributed by atoms with van der Waals surface area (Å²) < 4.78 is 27.7. The number of primary amides is 1. The van der Waals surface area contributed by atoms with E-state index in [2.05, 4.69) is 5.32 Å². The Bertz CT molecular complexity index is 1020. The minimum Gasteiger partial charge on any atom is -0.423 e. The molecule has 0 aliphatic rings. The molecule has 0 heterocycles. The molecule has 0 bridgehead atoms. The summed E-state index contributed by atoms with van der Waals surface area (Å²) in [5, 5.41) is 38.5. The van der Waals surface area contributed by atoms with Crippen LogP contribution in [0.2, 0.25) is 0 Å². The molecule has 32 heavy (non-hydrogen) atoms. The van der Waals surface area contributed by atoms with Crippen LogP contribution in [0.3, 0.4) is 0 Å². The van der Waals surface area contributed by atoms with Crippen molar-refractivity contribution in [2.45, 2.75) is 0 Å². The standard InChI is InChI=1S/C18H19B2F2N3O7/c21-14-7-10(1-3-12(14)19(29)30)17(27)24-5-6-25(9-16(23)26)18(28)11-2-4-13(20(31)32)15(22)8-11/h1-4,7-8,29-32H,5-6,9H2,(H2,23,26)(H,24,27). The van der Waals surface area contributed by atoms with Crippen LogP contribution in [-0.4, -0.2) is 76.6 Å². The van der Waals surface area contributed by atoms with Gasteiger partial charge in [0.25, 0.3) is 11.8 Å². The van der Waals surface area contributed by atoms with E-state index in [0.717, 1.165) is 35.2 Å². The number of halogens is 2. The SMILES string of the molecule is NC(=O)CN(CCNC(=O)c1ccc(B(O)O)c(F)c1)C(=O)c1ccc(B(O)O)c(F)c1. The van der Waals surface area contributed by atoms with Crippen LogP contribution in [-0.2, 0) is 4.79 Å². The van der Waals surface area contributed by atoms with Crippen molar-refractivity contribution in [3.8, 4) is 0 Å². The van der Waals surface area contributed by atoms with E-state index in [9.17, 15) is 23.2 Å². The van der Waals surface area contributed by atoms with Crippen molar-refractivity contribution in [1.29, 1.82) is 0 Å². The molecule has 168 valence electrons. The van der Waals surface area contributed by atoms with Gasteiger partial charge in [-0.2, -0.15) is 0 Å². The Kier molecular flexibility index (Phi) is 8.43. The van der Waals surface area contributed by atoms with E-state index in [1.807, 2.05) is 0 Å². The van der Waals surface area contributed by atoms with E-state index in [1.165, 1.54) is 6.07 Å². The average Bonchev–Trinajstić information content (AvgIpc) is 2.71. The second-order valence-corrected chi connectivity index (χ2v) is 6.67. The lowest BCUT2D eigenvalue weighted by molar-refractivity contribution is -0.118. The molecule has 0 radical (unpaired) electrons. The van der Waals surface area contributed by atoms with Crippen molar-refractivity contribution < 1.29 is 43.3 Å². The van der Waals surface area contributed by atoms with Crippen molar-refractivity contribution in [3.63, 3.8) is 0 Å². The zero-order valence-electron chi connectivity index (χ0n) is 16.5. The van der Waals surface area contributed by atoms with Gasteiger partial charge in [0.1, 0.15) is 11.6 Å². The fourth-order valence-corrected chi connectivity index (χ4v) is 2.78. The third-order valence-corrected chi connectivity index (χ3v) is 4.37. The first kappa shape index (κ1) is 24.9. The van der Waals surface area contributed by atoms with Crippen molar-refractivity contribution in [2.75, 3.05) is 19.6 Å². The minimum absolute atomic E-state index is 0.125. The molecule has 0 atom stereocenters. The smallest absolute Gasteiger partial charge is 0.423 e. The van der Waals surface area contributed by atoms with Crippen LogP contribution in [0.25, 0.3) is 0 Å². The van der Waals surface area contributed by atoms with Crippen LogP contribution in [0, 0.1) is 11.6 Å². The highest BCUT2D eigenvalue weighted by atomic mass is 19.1. The van der Waals surface area contributed by atoms with Gasteiger partial charge in [-0.05, 0) is 24.3 Å². The molecule has 0 fully saturated rings. The number of hydrogen-bond acceptors (Lipinski definition) is 7. The Labute approximate surface area is 181 Å². The summed E-state index contributed by atoms with van der Waals surface area (Å²) in [5.41, 5.74) is 3.97. The van der Waals surface area contributed by atoms with E-state index in [1.54, 1.807) is 0 Å². The van der Waals surface area contributed by atoms with Crippen LogP contribution in [0.1, 0.15) is 20.7 Å². The highest BCUT2D eigenvalue weighted by Gasteiger charge is 2.22. The van der Waals surface area contributed by atoms with Crippen LogP contribution < -0.4 is 22.0 Å². The molecule has 0 unspecified atom stereocenters. The van der Waals surface area contributed by atoms with E-state index >= 15 is 0 Å². The molecule has 2 aromatic rings. The molecule has 10 nitrogen and oxygen atoms in total. The van der Waals surface area contributed by atoms with Gasteiger partial charge in [0.05, 0.1) is 6.54 Å². The Morgan fingerprint density at radius 1 is 0.906 bits per heavy atom. The summed E-state index contributed by atoms with van der Waals surface area (Å²) in [4.78, 5) is 37.1. The van der Waals surface area contributed by atoms with Crippen LogP contribution >= 0.6 is 0 Å². The molecular weight excluding hydrogens is 430 g/mol. The first-order valence-electron chi connectivity index (χ1n) is 9.18. The molecule has 3 amide bonds. The zero-order chi connectivity index (χ0) is 24.0. The largest absolute Gasteiger partial charge is 0.491 e. The number of nitrogens with zero attached hydrogens (tertiary/aromatic N) is 1. The van der Waals surface area contributed by atoms with Crippen molar-refractivity contribution in [2.24, 2.45) is 5.73 Å². The summed E-state index contributed by atoms with van der Waals surface area (Å²) in [6.45, 7) is -0.937. The van der Waals surface area contributed by atoms with E-state index < -0.39 is 61.1 Å². The lowest BCUT2D eigenvalue weighted by Gasteiger charge is -2.22. The number of nitrogens with one attached hydrogen (secondary N) is 1. The number of carbonyl (C=O) groups is 3. The van der Waals surface area contributed by atoms with Gasteiger partial charge in [0.15, 0.2) is 0 Å². The fraction of sp³-hybridized carbons (Fsp3) is 0.167. The maximum atomic E-state index is 13.9. The van der Waals surface area contributed by atoms with Crippen LogP contribution in [0.4, 0.5) is 8.78 Å². The van der Waals surface area contributed by atoms with Crippen LogP contribution in [0.15, 0.2) is 36.4 Å². The van der Waals surface area contributed by atoms with Gasteiger partial charge in [0, 0.05) is 35.1 Å². The summed E-state index contributed by atoms with van der Waals surface area (Å²) in [6.07, 6.45) is 0. The Morgan fingerprint density at radius 3 is 1.88 bits per heavy atom. The summed E-state index contributed by atoms with van der Waals surface area (Å²) in [5.74, 6) is -4.45. The van der Waals surface area contributed by atoms with E-state index in [4.69, 9.17) is 25.8 Å². The molecular formula is C18H19B2F2N3O7. The van der Waals surface area contributed by atoms with Crippen molar-refractivity contribution in [3.05, 3.63) is 59.2 Å². The van der Waals surface area contributed by atoms with Gasteiger partial charge < -0.3 is 36.0 Å². The van der Waals surface area contributed by atoms with Gasteiger partial charge in [-0.3, -0.25) is 14.4 Å². The molecule has 2 rings (SSSR count). The normalized spacial score (nSPS) is 10.4. The zero-order valence-corrected chi connectivity index (χ0v) is 16.5. The Morgan fingerprint density at radius 2 is 1.41 bits per heavy atom. The maximum Gasteiger partial charge on any atom is 0.491 e. The molecule has 14 heteroatoms. The third kappa shape index (κ3) is 6.34. The third-order valence-electron chi connectivity index (χ3n) is 4.37. The lowest BCUT2D eigenvalue weighted by atomic mass is 9.79. The van der Waals surface area contributed by atoms with E-state index in [-0.39, 0.29) is 24.2 Å². The summed E-state index contributed by atoms with van der Waals surface area (Å²) in [6, 6.07) is 5.89. The molecule has 0 aromatic heterocycles. The number of nitrogens with two attached hydrogens (primary N) is 1. The quantitative estimate of drug-likeness (QED) is 0.218. The predicted octanol–water partition coefficient (Wildman–Crippen LogP) is -3.32. The molecule has 7 N–H and O–H groups in total. The molecule has 0 spiro atoms. The first-order valence-corrected chi connectivity index (χ1v) is 9.18. The average molecular weight is 449 g/mol. The van der Waals surface area contributed by atoms with Gasteiger partial charge in [0.2, 0.25) is 5.91 Å². The lowest BCUT2D eigenvalue weighted by Crippen LogP contribution is -2.43. The number of carbonyl (C=O) groups excluding carboxylic acids is 3. The van der Waals surface area contributed by atoms with Gasteiger partial charge >= 0.3 is 14.2 Å². The summed E-state index contributed by atoms with van der Waals surface area (Å²) in [7, 11) is -4.12. The number of amides is 3. The highest BCUT2D eigenvalue weighted by molar-refractivity contribution is 6.59. The molecule has 0 aliphatic heterocycles. The number of hydrogen-bond donors (Lipinski definition) is 6. The maximum absolute atomic E-state index is 13.9. The fourth-order valence-electron chi connectivity index (χ4n) is 2.78. The predicted molar refractivity (Wildman–Crippen MR) is 110 cm³/mol. The highest BCUT2D eigenvalue weighted by Crippen LogP contribution is 2.07. The molecule has 2 aromatic carbocycles. The van der Waals surface area contributed by atoms with Crippen LogP contribution in [0.5, 0.6) is 0 Å². The molecule has 0 saturated carbocycles. The second kappa shape index (κ2) is 10.8. The van der Waals surface area contributed by atoms with E-state index in [0.29, 0.717) is 0 Å². The topological polar surface area (TPSA) is 173 Å². The van der Waals surface area contributed by atoms with Gasteiger partial charge in [-0.1, -0.05) is 12.1 Å². The number of rotatable bonds is 9. The first-order chi connectivity index (χ1) is 15.0. The monoisotopic (exact) mass is 449 g/mol. The second-order valence-electron chi connectivity index (χ2n) is 6.67. The van der Waals surface area contributed by atoms with Crippen molar-refractivity contribution in [1.82, 2.24) is 10.2 Å². The minimum atomic E-state index is -2.07. The molecule has 0 saturated heterocycles.